The zero-order valence-corrected chi connectivity index (χ0v) is 16.6. The Hall–Kier alpha value is -2.55. The van der Waals surface area contributed by atoms with Gasteiger partial charge in [-0.05, 0) is 24.6 Å². The van der Waals surface area contributed by atoms with E-state index in [1.807, 2.05) is 23.1 Å². The van der Waals surface area contributed by atoms with E-state index in [2.05, 4.69) is 25.6 Å². The van der Waals surface area contributed by atoms with Crippen molar-refractivity contribution in [2.24, 2.45) is 4.99 Å². The molecular weight excluding hydrogens is 405 g/mol. The molecule has 0 bridgehead atoms. The molecule has 1 aliphatic heterocycles. The molecule has 1 unspecified atom stereocenters. The van der Waals surface area contributed by atoms with E-state index in [1.165, 1.54) is 0 Å². The number of nitrogens with zero attached hydrogens (tertiary/aromatic N) is 4. The molecule has 1 aliphatic rings. The molecule has 1 saturated heterocycles. The lowest BCUT2D eigenvalue weighted by molar-refractivity contribution is -0.137. The first-order valence-electron chi connectivity index (χ1n) is 9.21. The lowest BCUT2D eigenvalue weighted by atomic mass is 10.2. The maximum Gasteiger partial charge on any atom is 0.417 e. The monoisotopic (exact) mass is 426 g/mol. The lowest BCUT2D eigenvalue weighted by Crippen LogP contribution is -2.45. The summed E-state index contributed by atoms with van der Waals surface area (Å²) in [5.74, 6) is 1.03. The van der Waals surface area contributed by atoms with Crippen molar-refractivity contribution in [3.05, 3.63) is 52.9 Å². The van der Waals surface area contributed by atoms with Crippen LogP contribution in [0.15, 0.2) is 41.7 Å². The minimum Gasteiger partial charge on any atom is -0.356 e. The summed E-state index contributed by atoms with van der Waals surface area (Å²) in [6.07, 6.45) is -0.322. The van der Waals surface area contributed by atoms with Crippen LogP contribution in [0.1, 0.15) is 17.7 Å². The molecule has 0 spiro atoms. The van der Waals surface area contributed by atoms with Gasteiger partial charge in [-0.15, -0.1) is 0 Å². The smallest absolute Gasteiger partial charge is 0.356 e. The molecule has 6 nitrogen and oxygen atoms in total. The highest BCUT2D eigenvalue weighted by atomic mass is 35.5. The Morgan fingerprint density at radius 3 is 2.83 bits per heavy atom. The van der Waals surface area contributed by atoms with Crippen LogP contribution in [0.5, 0.6) is 0 Å². The summed E-state index contributed by atoms with van der Waals surface area (Å²) in [7, 11) is 1.69. The molecule has 2 aromatic rings. The van der Waals surface area contributed by atoms with Crippen LogP contribution in [0, 0.1) is 0 Å². The van der Waals surface area contributed by atoms with Gasteiger partial charge >= 0.3 is 6.18 Å². The molecule has 0 aliphatic carbocycles. The fraction of sp³-hybridized carbons (Fsp3) is 0.421. The van der Waals surface area contributed by atoms with Gasteiger partial charge in [0.15, 0.2) is 5.96 Å². The molecular formula is C19H22ClF3N6. The van der Waals surface area contributed by atoms with Crippen LogP contribution >= 0.6 is 11.6 Å². The molecule has 29 heavy (non-hydrogen) atoms. The molecule has 10 heteroatoms. The Kier molecular flexibility index (Phi) is 6.79. The third-order valence-corrected chi connectivity index (χ3v) is 4.88. The van der Waals surface area contributed by atoms with Gasteiger partial charge in [0.1, 0.15) is 5.82 Å². The van der Waals surface area contributed by atoms with Gasteiger partial charge in [-0.25, -0.2) is 4.98 Å². The second-order valence-corrected chi connectivity index (χ2v) is 7.08. The van der Waals surface area contributed by atoms with Gasteiger partial charge < -0.3 is 15.5 Å². The number of aromatic nitrogens is 2. The second kappa shape index (κ2) is 9.30. The summed E-state index contributed by atoms with van der Waals surface area (Å²) >= 11 is 6.06. The topological polar surface area (TPSA) is 65.4 Å². The number of anilines is 1. The number of rotatable bonds is 5. The largest absolute Gasteiger partial charge is 0.417 e. The highest BCUT2D eigenvalue weighted by Gasteiger charge is 2.33. The Morgan fingerprint density at radius 2 is 2.17 bits per heavy atom. The third-order valence-electron chi connectivity index (χ3n) is 4.60. The number of pyridine rings is 2. The van der Waals surface area contributed by atoms with Gasteiger partial charge in [-0.1, -0.05) is 17.7 Å². The van der Waals surface area contributed by atoms with E-state index in [0.29, 0.717) is 31.4 Å². The van der Waals surface area contributed by atoms with E-state index in [4.69, 9.17) is 11.6 Å². The molecule has 3 rings (SSSR count). The molecule has 0 radical (unpaired) electrons. The summed E-state index contributed by atoms with van der Waals surface area (Å²) in [6.45, 7) is 1.89. The normalized spacial score (nSPS) is 17.5. The maximum absolute atomic E-state index is 12.8. The van der Waals surface area contributed by atoms with Crippen LogP contribution in [-0.4, -0.2) is 48.7 Å². The van der Waals surface area contributed by atoms with Gasteiger partial charge in [-0.2, -0.15) is 13.2 Å². The highest BCUT2D eigenvalue weighted by molar-refractivity contribution is 6.33. The fourth-order valence-electron chi connectivity index (χ4n) is 3.13. The van der Waals surface area contributed by atoms with E-state index in [0.717, 1.165) is 30.8 Å². The third kappa shape index (κ3) is 5.72. The van der Waals surface area contributed by atoms with Crippen molar-refractivity contribution in [2.75, 3.05) is 31.6 Å². The quantitative estimate of drug-likeness (QED) is 0.568. The Morgan fingerprint density at radius 1 is 1.34 bits per heavy atom. The number of hydrogen-bond donors (Lipinski definition) is 2. The first kappa shape index (κ1) is 21.2. The van der Waals surface area contributed by atoms with Crippen molar-refractivity contribution in [1.82, 2.24) is 20.6 Å². The number of alkyl halides is 3. The molecule has 2 aromatic heterocycles. The van der Waals surface area contributed by atoms with Crippen LogP contribution in [0.2, 0.25) is 5.02 Å². The summed E-state index contributed by atoms with van der Waals surface area (Å²) in [4.78, 5) is 14.3. The van der Waals surface area contributed by atoms with E-state index in [1.54, 1.807) is 13.2 Å². The van der Waals surface area contributed by atoms with Crippen LogP contribution in [0.25, 0.3) is 0 Å². The van der Waals surface area contributed by atoms with Crippen molar-refractivity contribution in [2.45, 2.75) is 25.1 Å². The zero-order valence-electron chi connectivity index (χ0n) is 15.9. The van der Waals surface area contributed by atoms with Crippen molar-refractivity contribution in [1.29, 1.82) is 0 Å². The minimum atomic E-state index is -4.46. The standard InChI is InChI=1S/C19H22ClF3N6/c1-24-18(26-8-5-14-4-2-3-7-25-14)28-15-6-9-29(12-15)17-16(20)10-13(11-27-17)19(21,22)23/h2-4,7,10-11,15H,5-6,8-9,12H2,1H3,(H2,24,26,28). The summed E-state index contributed by atoms with van der Waals surface area (Å²) < 4.78 is 38.4. The number of halogens is 4. The minimum absolute atomic E-state index is 0.00153. The SMILES string of the molecule is CN=C(NCCc1ccccn1)NC1CCN(c2ncc(C(F)(F)F)cc2Cl)C1. The predicted molar refractivity (Wildman–Crippen MR) is 107 cm³/mol. The average Bonchev–Trinajstić information content (AvgIpc) is 3.15. The van der Waals surface area contributed by atoms with E-state index < -0.39 is 11.7 Å². The Bertz CT molecular complexity index is 844. The Balaban J connectivity index is 1.52. The summed E-state index contributed by atoms with van der Waals surface area (Å²) in [5.41, 5.74) is 0.142. The molecule has 2 N–H and O–H groups in total. The van der Waals surface area contributed by atoms with Gasteiger partial charge in [0.25, 0.3) is 0 Å². The fourth-order valence-corrected chi connectivity index (χ4v) is 3.42. The van der Waals surface area contributed by atoms with Crippen LogP contribution in [-0.2, 0) is 12.6 Å². The number of nitrogens with one attached hydrogen (secondary N) is 2. The van der Waals surface area contributed by atoms with Gasteiger partial charge in [0.2, 0.25) is 0 Å². The van der Waals surface area contributed by atoms with E-state index in [-0.39, 0.29) is 11.1 Å². The van der Waals surface area contributed by atoms with E-state index >= 15 is 0 Å². The molecule has 156 valence electrons. The van der Waals surface area contributed by atoms with Gasteiger partial charge in [0, 0.05) is 57.2 Å². The van der Waals surface area contributed by atoms with Crippen LogP contribution < -0.4 is 15.5 Å². The zero-order chi connectivity index (χ0) is 20.9. The second-order valence-electron chi connectivity index (χ2n) is 6.67. The molecule has 0 amide bonds. The van der Waals surface area contributed by atoms with Gasteiger partial charge in [0.05, 0.1) is 10.6 Å². The van der Waals surface area contributed by atoms with Gasteiger partial charge in [-0.3, -0.25) is 9.98 Å². The molecule has 3 heterocycles. The average molecular weight is 427 g/mol. The molecule has 1 fully saturated rings. The molecule has 0 aromatic carbocycles. The van der Waals surface area contributed by atoms with Crippen LogP contribution in [0.4, 0.5) is 19.0 Å². The van der Waals surface area contributed by atoms with E-state index in [9.17, 15) is 13.2 Å². The maximum atomic E-state index is 12.8. The first-order chi connectivity index (χ1) is 13.9. The number of aliphatic imine (C=N–C) groups is 1. The molecule has 1 atom stereocenters. The van der Waals surface area contributed by atoms with Crippen molar-refractivity contribution < 1.29 is 13.2 Å². The van der Waals surface area contributed by atoms with Crippen LogP contribution in [0.3, 0.4) is 0 Å². The summed E-state index contributed by atoms with van der Waals surface area (Å²) in [5, 5.41) is 6.58. The number of hydrogen-bond acceptors (Lipinski definition) is 4. The number of guanidine groups is 1. The lowest BCUT2D eigenvalue weighted by Gasteiger charge is -2.21. The Labute approximate surface area is 172 Å². The highest BCUT2D eigenvalue weighted by Crippen LogP contribution is 2.34. The summed E-state index contributed by atoms with van der Waals surface area (Å²) in [6, 6.07) is 6.79. The van der Waals surface area contributed by atoms with Crippen molar-refractivity contribution >= 4 is 23.4 Å². The molecule has 0 saturated carbocycles. The predicted octanol–water partition coefficient (Wildman–Crippen LogP) is 3.14. The first-order valence-corrected chi connectivity index (χ1v) is 9.59. The van der Waals surface area contributed by atoms with Crippen molar-refractivity contribution in [3.63, 3.8) is 0 Å². The van der Waals surface area contributed by atoms with Crippen molar-refractivity contribution in [3.8, 4) is 0 Å².